The maximum atomic E-state index is 9.48. The summed E-state index contributed by atoms with van der Waals surface area (Å²) in [5, 5.41) is 9.48. The number of rotatable bonds is 5. The van der Waals surface area contributed by atoms with Crippen molar-refractivity contribution in [3.8, 4) is 0 Å². The van der Waals surface area contributed by atoms with Crippen molar-refractivity contribution < 1.29 is 5.11 Å². The summed E-state index contributed by atoms with van der Waals surface area (Å²) in [5.41, 5.74) is 1.23. The zero-order valence-corrected chi connectivity index (χ0v) is 18.3. The molecule has 0 amide bonds. The van der Waals surface area contributed by atoms with Gasteiger partial charge in [-0.1, -0.05) is 46.6 Å². The van der Waals surface area contributed by atoms with Crippen LogP contribution in [0.1, 0.15) is 104 Å². The molecule has 1 N–H and O–H groups in total. The van der Waals surface area contributed by atoms with Gasteiger partial charge < -0.3 is 5.11 Å². The molecule has 27 heavy (non-hydrogen) atoms. The summed E-state index contributed by atoms with van der Waals surface area (Å²) in [6.45, 7) is 11.5. The first kappa shape index (κ1) is 19.8. The second kappa shape index (κ2) is 7.42. The monoisotopic (exact) mass is 372 g/mol. The molecule has 0 spiro atoms. The molecule has 4 aliphatic rings. The lowest BCUT2D eigenvalue weighted by atomic mass is 9.42. The van der Waals surface area contributed by atoms with E-state index in [1.807, 2.05) is 0 Å². The molecule has 4 fully saturated rings. The van der Waals surface area contributed by atoms with Crippen LogP contribution in [0, 0.1) is 46.3 Å². The largest absolute Gasteiger partial charge is 0.513 e. The van der Waals surface area contributed by atoms with Crippen LogP contribution in [0.3, 0.4) is 0 Å². The minimum atomic E-state index is 0.382. The fraction of sp³-hybridized carbons (Fsp3) is 0.923. The molecule has 4 rings (SSSR count). The fourth-order valence-corrected chi connectivity index (χ4v) is 9.16. The standard InChI is InChI=1S/C26H44O/c1-5-19-17-21-23-13-12-20(10-8-9-18(2)27)25(23,3)16-14-24(21)26(4)15-7-6-11-22(19)26/h19-24,27H,2,5-17H2,1,3-4H3/t19-,20?,21?,22?,23?,24-,25?,26?/m0/s1. The minimum Gasteiger partial charge on any atom is -0.513 e. The molecular formula is C26H44O. The van der Waals surface area contributed by atoms with Gasteiger partial charge in [0.2, 0.25) is 0 Å². The van der Waals surface area contributed by atoms with Crippen LogP contribution in [0.5, 0.6) is 0 Å². The average molecular weight is 373 g/mol. The molecule has 0 bridgehead atoms. The lowest BCUT2D eigenvalue weighted by Gasteiger charge is -2.62. The Balaban J connectivity index is 1.54. The average Bonchev–Trinajstić information content (AvgIpc) is 2.97. The molecule has 0 heterocycles. The smallest absolute Gasteiger partial charge is 0.0851 e. The van der Waals surface area contributed by atoms with Crippen molar-refractivity contribution in [1.82, 2.24) is 0 Å². The van der Waals surface area contributed by atoms with Crippen LogP contribution < -0.4 is 0 Å². The van der Waals surface area contributed by atoms with E-state index in [1.165, 1.54) is 64.2 Å². The van der Waals surface area contributed by atoms with Gasteiger partial charge >= 0.3 is 0 Å². The number of hydrogen-bond donors (Lipinski definition) is 1. The highest BCUT2D eigenvalue weighted by molar-refractivity contribution is 5.10. The van der Waals surface area contributed by atoms with Crippen molar-refractivity contribution in [3.63, 3.8) is 0 Å². The van der Waals surface area contributed by atoms with Gasteiger partial charge in [-0.3, -0.25) is 0 Å². The maximum Gasteiger partial charge on any atom is 0.0851 e. The minimum absolute atomic E-state index is 0.382. The third-order valence-corrected chi connectivity index (χ3v) is 10.5. The van der Waals surface area contributed by atoms with Crippen molar-refractivity contribution in [2.45, 2.75) is 104 Å². The highest BCUT2D eigenvalue weighted by Gasteiger charge is 2.60. The van der Waals surface area contributed by atoms with E-state index in [4.69, 9.17) is 0 Å². The van der Waals surface area contributed by atoms with Gasteiger partial charge in [0.05, 0.1) is 5.76 Å². The highest BCUT2D eigenvalue weighted by atomic mass is 16.3. The van der Waals surface area contributed by atoms with Gasteiger partial charge in [-0.15, -0.1) is 0 Å². The molecule has 0 aromatic carbocycles. The predicted octanol–water partition coefficient (Wildman–Crippen LogP) is 7.91. The van der Waals surface area contributed by atoms with E-state index in [2.05, 4.69) is 27.4 Å². The molecule has 1 nitrogen and oxygen atoms in total. The van der Waals surface area contributed by atoms with E-state index in [-0.39, 0.29) is 0 Å². The molecule has 0 radical (unpaired) electrons. The Morgan fingerprint density at radius 3 is 2.48 bits per heavy atom. The fourth-order valence-electron chi connectivity index (χ4n) is 9.16. The second-order valence-corrected chi connectivity index (χ2v) is 11.4. The Morgan fingerprint density at radius 2 is 1.74 bits per heavy atom. The Kier molecular flexibility index (Phi) is 5.45. The first-order valence-electron chi connectivity index (χ1n) is 12.3. The highest BCUT2D eigenvalue weighted by Crippen LogP contribution is 2.69. The topological polar surface area (TPSA) is 20.2 Å². The summed E-state index contributed by atoms with van der Waals surface area (Å²) in [4.78, 5) is 0. The van der Waals surface area contributed by atoms with E-state index in [1.54, 1.807) is 6.42 Å². The lowest BCUT2D eigenvalue weighted by Crippen LogP contribution is -2.55. The molecule has 0 aromatic heterocycles. The zero-order valence-electron chi connectivity index (χ0n) is 18.3. The first-order valence-corrected chi connectivity index (χ1v) is 12.3. The quantitative estimate of drug-likeness (QED) is 0.486. The van der Waals surface area contributed by atoms with E-state index >= 15 is 0 Å². The Labute approximate surface area is 168 Å². The SMILES string of the molecule is C=C(O)CCCC1CCC2C3C[C@H](CC)C4CCCCC4(C)[C@H]3CCC12C. The van der Waals surface area contributed by atoms with Gasteiger partial charge in [0.1, 0.15) is 0 Å². The van der Waals surface area contributed by atoms with Crippen molar-refractivity contribution in [2.24, 2.45) is 46.3 Å². The molecule has 4 saturated carbocycles. The first-order chi connectivity index (χ1) is 12.9. The summed E-state index contributed by atoms with van der Waals surface area (Å²) < 4.78 is 0. The van der Waals surface area contributed by atoms with E-state index in [0.29, 0.717) is 16.6 Å². The van der Waals surface area contributed by atoms with E-state index in [0.717, 1.165) is 48.3 Å². The summed E-state index contributed by atoms with van der Waals surface area (Å²) >= 11 is 0. The summed E-state index contributed by atoms with van der Waals surface area (Å²) in [6, 6.07) is 0. The lowest BCUT2D eigenvalue weighted by molar-refractivity contribution is -0.135. The van der Waals surface area contributed by atoms with Crippen molar-refractivity contribution >= 4 is 0 Å². The van der Waals surface area contributed by atoms with Gasteiger partial charge in [-0.05, 0) is 104 Å². The van der Waals surface area contributed by atoms with Gasteiger partial charge in [-0.25, -0.2) is 0 Å². The van der Waals surface area contributed by atoms with E-state index < -0.39 is 0 Å². The van der Waals surface area contributed by atoms with Crippen LogP contribution in [-0.4, -0.2) is 5.11 Å². The molecular weight excluding hydrogens is 328 g/mol. The Hall–Kier alpha value is -0.460. The summed E-state index contributed by atoms with van der Waals surface area (Å²) in [7, 11) is 0. The van der Waals surface area contributed by atoms with Crippen LogP contribution >= 0.6 is 0 Å². The van der Waals surface area contributed by atoms with Crippen LogP contribution in [0.25, 0.3) is 0 Å². The van der Waals surface area contributed by atoms with Gasteiger partial charge in [-0.2, -0.15) is 0 Å². The maximum absolute atomic E-state index is 9.48. The summed E-state index contributed by atoms with van der Waals surface area (Å²) in [5.74, 6) is 6.29. The molecule has 8 atom stereocenters. The molecule has 0 aromatic rings. The predicted molar refractivity (Wildman–Crippen MR) is 115 cm³/mol. The van der Waals surface area contributed by atoms with Crippen LogP contribution in [0.4, 0.5) is 0 Å². The van der Waals surface area contributed by atoms with Crippen LogP contribution in [-0.2, 0) is 0 Å². The van der Waals surface area contributed by atoms with Crippen LogP contribution in [0.15, 0.2) is 12.3 Å². The normalized spacial score (nSPS) is 49.1. The van der Waals surface area contributed by atoms with E-state index in [9.17, 15) is 5.11 Å². The van der Waals surface area contributed by atoms with Crippen LogP contribution in [0.2, 0.25) is 0 Å². The van der Waals surface area contributed by atoms with Crippen molar-refractivity contribution in [1.29, 1.82) is 0 Å². The van der Waals surface area contributed by atoms with Crippen molar-refractivity contribution in [2.75, 3.05) is 0 Å². The third kappa shape index (κ3) is 3.20. The van der Waals surface area contributed by atoms with Gasteiger partial charge in [0, 0.05) is 6.42 Å². The molecule has 154 valence electrons. The van der Waals surface area contributed by atoms with Gasteiger partial charge in [0.25, 0.3) is 0 Å². The molecule has 6 unspecified atom stereocenters. The molecule has 0 saturated heterocycles. The zero-order chi connectivity index (χ0) is 19.2. The summed E-state index contributed by atoms with van der Waals surface area (Å²) in [6.07, 6.45) is 18.1. The molecule has 1 heteroatoms. The number of aliphatic hydroxyl groups excluding tert-OH is 1. The number of allylic oxidation sites excluding steroid dienone is 1. The Morgan fingerprint density at radius 1 is 0.963 bits per heavy atom. The number of aliphatic hydroxyl groups is 1. The number of fused-ring (bicyclic) bond motifs is 5. The van der Waals surface area contributed by atoms with Crippen molar-refractivity contribution in [3.05, 3.63) is 12.3 Å². The van der Waals surface area contributed by atoms with Gasteiger partial charge in [0.15, 0.2) is 0 Å². The molecule has 0 aliphatic heterocycles. The Bertz CT molecular complexity index is 552. The third-order valence-electron chi connectivity index (χ3n) is 10.5. The molecule has 4 aliphatic carbocycles. The second-order valence-electron chi connectivity index (χ2n) is 11.4. The number of hydrogen-bond acceptors (Lipinski definition) is 1.